The lowest BCUT2D eigenvalue weighted by molar-refractivity contribution is 0.0593. The number of nitrogens with zero attached hydrogens (tertiary/aromatic N) is 1. The Hall–Kier alpha value is -1.52. The third-order valence-electron chi connectivity index (χ3n) is 2.43. The Kier molecular flexibility index (Phi) is 4.82. The van der Waals surface area contributed by atoms with E-state index in [1.54, 1.807) is 23.9 Å². The largest absolute Gasteiger partial charge is 0.464 e. The molecule has 0 spiro atoms. The summed E-state index contributed by atoms with van der Waals surface area (Å²) >= 11 is 7.46. The van der Waals surface area contributed by atoms with Crippen LogP contribution < -0.4 is 0 Å². The predicted octanol–water partition coefficient (Wildman–Crippen LogP) is 3.81. The zero-order valence-electron chi connectivity index (χ0n) is 10.3. The van der Waals surface area contributed by atoms with Crippen LogP contribution in [-0.2, 0) is 10.5 Å². The van der Waals surface area contributed by atoms with Gasteiger partial charge >= 0.3 is 5.97 Å². The lowest BCUT2D eigenvalue weighted by atomic mass is 10.2. The molecule has 0 bridgehead atoms. The molecule has 0 aliphatic carbocycles. The maximum absolute atomic E-state index is 11.5. The van der Waals surface area contributed by atoms with E-state index in [-0.39, 0.29) is 5.69 Å². The van der Waals surface area contributed by atoms with E-state index in [1.807, 2.05) is 30.3 Å². The summed E-state index contributed by atoms with van der Waals surface area (Å²) in [5.41, 5.74) is 1.35. The number of esters is 1. The van der Waals surface area contributed by atoms with E-state index in [1.165, 1.54) is 12.7 Å². The molecule has 98 valence electrons. The van der Waals surface area contributed by atoms with Crippen LogP contribution in [0.5, 0.6) is 0 Å². The number of hydrogen-bond donors (Lipinski definition) is 0. The fraction of sp³-hybridized carbons (Fsp3) is 0.143. The van der Waals surface area contributed by atoms with Gasteiger partial charge in [0.25, 0.3) is 0 Å². The van der Waals surface area contributed by atoms with Gasteiger partial charge in [0.05, 0.1) is 17.2 Å². The number of rotatable bonds is 4. The standard InChI is InChI=1S/C14H12ClNO2S/c1-18-14(17)13-11(15)7-8-12(16-13)19-9-10-5-3-2-4-6-10/h2-8H,9H2,1H3. The Morgan fingerprint density at radius 1 is 1.26 bits per heavy atom. The molecule has 2 rings (SSSR count). The molecule has 0 fully saturated rings. The fourth-order valence-corrected chi connectivity index (χ4v) is 2.49. The van der Waals surface area contributed by atoms with Crippen LogP contribution in [0.25, 0.3) is 0 Å². The van der Waals surface area contributed by atoms with E-state index in [2.05, 4.69) is 9.72 Å². The van der Waals surface area contributed by atoms with Gasteiger partial charge < -0.3 is 4.74 Å². The molecular weight excluding hydrogens is 282 g/mol. The van der Waals surface area contributed by atoms with Crippen LogP contribution in [0.4, 0.5) is 0 Å². The zero-order valence-corrected chi connectivity index (χ0v) is 11.9. The Balaban J connectivity index is 2.11. The first-order chi connectivity index (χ1) is 9.20. The van der Waals surface area contributed by atoms with Gasteiger partial charge in [-0.05, 0) is 17.7 Å². The van der Waals surface area contributed by atoms with E-state index in [9.17, 15) is 4.79 Å². The van der Waals surface area contributed by atoms with Crippen LogP contribution in [0.3, 0.4) is 0 Å². The second-order valence-corrected chi connectivity index (χ2v) is 5.15. The minimum Gasteiger partial charge on any atom is -0.464 e. The number of halogens is 1. The normalized spacial score (nSPS) is 10.2. The molecule has 1 aromatic carbocycles. The van der Waals surface area contributed by atoms with Gasteiger partial charge in [-0.1, -0.05) is 41.9 Å². The molecule has 0 saturated heterocycles. The van der Waals surface area contributed by atoms with Crippen LogP contribution in [0.15, 0.2) is 47.5 Å². The molecule has 0 aliphatic rings. The average Bonchev–Trinajstić information content (AvgIpc) is 2.46. The molecule has 1 aromatic heterocycles. The van der Waals surface area contributed by atoms with Crippen molar-refractivity contribution in [1.82, 2.24) is 4.98 Å². The van der Waals surface area contributed by atoms with Crippen LogP contribution >= 0.6 is 23.4 Å². The Labute approximate surface area is 121 Å². The summed E-state index contributed by atoms with van der Waals surface area (Å²) in [7, 11) is 1.31. The molecule has 19 heavy (non-hydrogen) atoms. The van der Waals surface area contributed by atoms with Gasteiger partial charge in [-0.2, -0.15) is 0 Å². The lowest BCUT2D eigenvalue weighted by Crippen LogP contribution is -2.05. The van der Waals surface area contributed by atoms with Crippen molar-refractivity contribution in [1.29, 1.82) is 0 Å². The SMILES string of the molecule is COC(=O)c1nc(SCc2ccccc2)ccc1Cl. The molecule has 0 radical (unpaired) electrons. The fourth-order valence-electron chi connectivity index (χ4n) is 1.48. The van der Waals surface area contributed by atoms with E-state index in [4.69, 9.17) is 11.6 Å². The van der Waals surface area contributed by atoms with Crippen molar-refractivity contribution >= 4 is 29.3 Å². The Bertz CT molecular complexity index is 575. The minimum absolute atomic E-state index is 0.155. The summed E-state index contributed by atoms with van der Waals surface area (Å²) in [5, 5.41) is 1.05. The number of carbonyl (C=O) groups excluding carboxylic acids is 1. The van der Waals surface area contributed by atoms with Crippen molar-refractivity contribution in [2.75, 3.05) is 7.11 Å². The van der Waals surface area contributed by atoms with Gasteiger partial charge in [0.2, 0.25) is 0 Å². The molecule has 0 N–H and O–H groups in total. The van der Waals surface area contributed by atoms with Crippen LogP contribution in [0.2, 0.25) is 5.02 Å². The second kappa shape index (κ2) is 6.59. The van der Waals surface area contributed by atoms with Crippen molar-refractivity contribution in [3.63, 3.8) is 0 Å². The van der Waals surface area contributed by atoms with E-state index in [0.29, 0.717) is 5.02 Å². The van der Waals surface area contributed by atoms with Crippen LogP contribution in [0.1, 0.15) is 16.1 Å². The van der Waals surface area contributed by atoms with E-state index in [0.717, 1.165) is 10.8 Å². The van der Waals surface area contributed by atoms with Crippen molar-refractivity contribution < 1.29 is 9.53 Å². The molecule has 1 heterocycles. The number of carbonyl (C=O) groups is 1. The van der Waals surface area contributed by atoms with Crippen molar-refractivity contribution in [2.45, 2.75) is 10.8 Å². The maximum Gasteiger partial charge on any atom is 0.358 e. The number of ether oxygens (including phenoxy) is 1. The Morgan fingerprint density at radius 3 is 2.68 bits per heavy atom. The number of aromatic nitrogens is 1. The van der Waals surface area contributed by atoms with Gasteiger partial charge in [-0.3, -0.25) is 0 Å². The predicted molar refractivity (Wildman–Crippen MR) is 76.6 cm³/mol. The molecule has 2 aromatic rings. The molecule has 3 nitrogen and oxygen atoms in total. The number of methoxy groups -OCH3 is 1. The molecule has 0 atom stereocenters. The number of thioether (sulfide) groups is 1. The molecular formula is C14H12ClNO2S. The molecule has 0 saturated carbocycles. The average molecular weight is 294 g/mol. The summed E-state index contributed by atoms with van der Waals surface area (Å²) in [4.78, 5) is 15.7. The van der Waals surface area contributed by atoms with Gasteiger partial charge in [-0.15, -0.1) is 11.8 Å². The van der Waals surface area contributed by atoms with Crippen molar-refractivity contribution in [3.05, 3.63) is 58.7 Å². The van der Waals surface area contributed by atoms with Crippen molar-refractivity contribution in [3.8, 4) is 0 Å². The number of pyridine rings is 1. The lowest BCUT2D eigenvalue weighted by Gasteiger charge is -2.05. The summed E-state index contributed by atoms with van der Waals surface area (Å²) in [6.07, 6.45) is 0. The Morgan fingerprint density at radius 2 is 2.00 bits per heavy atom. The van der Waals surface area contributed by atoms with Crippen molar-refractivity contribution in [2.24, 2.45) is 0 Å². The molecule has 0 amide bonds. The summed E-state index contributed by atoms with van der Waals surface area (Å²) in [5.74, 6) is 0.267. The molecule has 0 aliphatic heterocycles. The highest BCUT2D eigenvalue weighted by Gasteiger charge is 2.13. The van der Waals surface area contributed by atoms with Gasteiger partial charge in [0.1, 0.15) is 0 Å². The van der Waals surface area contributed by atoms with Gasteiger partial charge in [-0.25, -0.2) is 9.78 Å². The van der Waals surface area contributed by atoms with Gasteiger partial charge in [0, 0.05) is 5.75 Å². The third-order valence-corrected chi connectivity index (χ3v) is 3.73. The quantitative estimate of drug-likeness (QED) is 0.635. The highest BCUT2D eigenvalue weighted by molar-refractivity contribution is 7.98. The first-order valence-electron chi connectivity index (χ1n) is 5.62. The monoisotopic (exact) mass is 293 g/mol. The van der Waals surface area contributed by atoms with Crippen LogP contribution in [-0.4, -0.2) is 18.1 Å². The van der Waals surface area contributed by atoms with Crippen LogP contribution in [0, 0.1) is 0 Å². The first kappa shape index (κ1) is 13.9. The highest BCUT2D eigenvalue weighted by Crippen LogP contribution is 2.24. The second-order valence-electron chi connectivity index (χ2n) is 3.75. The van der Waals surface area contributed by atoms with E-state index >= 15 is 0 Å². The minimum atomic E-state index is -0.521. The maximum atomic E-state index is 11.5. The highest BCUT2D eigenvalue weighted by atomic mass is 35.5. The molecule has 0 unspecified atom stereocenters. The van der Waals surface area contributed by atoms with E-state index < -0.39 is 5.97 Å². The summed E-state index contributed by atoms with van der Waals surface area (Å²) < 4.78 is 4.64. The number of benzene rings is 1. The summed E-state index contributed by atoms with van der Waals surface area (Å²) in [6, 6.07) is 13.5. The van der Waals surface area contributed by atoms with Gasteiger partial charge in [0.15, 0.2) is 5.69 Å². The zero-order chi connectivity index (χ0) is 13.7. The molecule has 5 heteroatoms. The third kappa shape index (κ3) is 3.72. The summed E-state index contributed by atoms with van der Waals surface area (Å²) in [6.45, 7) is 0. The topological polar surface area (TPSA) is 39.2 Å². The smallest absolute Gasteiger partial charge is 0.358 e. The number of hydrogen-bond acceptors (Lipinski definition) is 4. The first-order valence-corrected chi connectivity index (χ1v) is 6.98.